The first-order valence-electron chi connectivity index (χ1n) is 8.25. The number of carbonyl (C=O) groups excluding carboxylic acids is 2. The molecule has 0 N–H and O–H groups in total. The third kappa shape index (κ3) is 3.79. The van der Waals surface area contributed by atoms with Gasteiger partial charge in [-0.25, -0.2) is 0 Å². The van der Waals surface area contributed by atoms with Gasteiger partial charge in [0, 0.05) is 18.2 Å². The van der Waals surface area contributed by atoms with Crippen molar-refractivity contribution in [2.24, 2.45) is 0 Å². The van der Waals surface area contributed by atoms with Crippen LogP contribution in [0.4, 0.5) is 0 Å². The number of Topliss-reactive ketones (excluding diaryl/α,β-unsaturated/α-hetero) is 1. The lowest BCUT2D eigenvalue weighted by atomic mass is 10.1. The van der Waals surface area contributed by atoms with E-state index < -0.39 is 0 Å². The summed E-state index contributed by atoms with van der Waals surface area (Å²) in [6, 6.07) is 8.58. The monoisotopic (exact) mass is 340 g/mol. The van der Waals surface area contributed by atoms with Gasteiger partial charge in [-0.05, 0) is 37.6 Å². The van der Waals surface area contributed by atoms with E-state index in [1.54, 1.807) is 35.2 Å². The fourth-order valence-corrected chi connectivity index (χ4v) is 2.73. The maximum absolute atomic E-state index is 12.5. The Kier molecular flexibility index (Phi) is 4.97. The Bertz CT molecular complexity index is 792. The molecule has 0 bridgehead atoms. The minimum atomic E-state index is -0.141. The van der Waals surface area contributed by atoms with Crippen molar-refractivity contribution in [2.45, 2.75) is 32.9 Å². The minimum absolute atomic E-state index is 0.00623. The van der Waals surface area contributed by atoms with Crippen LogP contribution in [0, 0.1) is 0 Å². The van der Waals surface area contributed by atoms with Crippen LogP contribution >= 0.6 is 0 Å². The second-order valence-electron chi connectivity index (χ2n) is 5.91. The standard InChI is InChI=1S/C19H20N2O4/c1-3-15-5-4-10-21(15)19(23)18-11-17(25-20-18)12-24-16-8-6-14(7-9-16)13(2)22/h4-9,11,15H,3,10,12H2,1-2H3. The number of ketones is 1. The van der Waals surface area contributed by atoms with Crippen molar-refractivity contribution in [3.8, 4) is 5.75 Å². The molecule has 0 saturated heterocycles. The Hall–Kier alpha value is -2.89. The quantitative estimate of drug-likeness (QED) is 0.596. The number of nitrogens with zero attached hydrogens (tertiary/aromatic N) is 2. The molecule has 3 rings (SSSR count). The Labute approximate surface area is 146 Å². The first kappa shape index (κ1) is 17.0. The maximum Gasteiger partial charge on any atom is 0.276 e. The molecule has 1 atom stereocenters. The van der Waals surface area contributed by atoms with Gasteiger partial charge in [0.05, 0.1) is 6.04 Å². The molecule has 2 heterocycles. The van der Waals surface area contributed by atoms with E-state index in [4.69, 9.17) is 9.26 Å². The Morgan fingerprint density at radius 2 is 2.08 bits per heavy atom. The van der Waals surface area contributed by atoms with Crippen LogP contribution in [-0.2, 0) is 6.61 Å². The molecule has 6 nitrogen and oxygen atoms in total. The predicted molar refractivity (Wildman–Crippen MR) is 91.5 cm³/mol. The Morgan fingerprint density at radius 3 is 2.76 bits per heavy atom. The van der Waals surface area contributed by atoms with Gasteiger partial charge in [-0.3, -0.25) is 9.59 Å². The predicted octanol–water partition coefficient (Wildman–Crippen LogP) is 3.25. The van der Waals surface area contributed by atoms with E-state index >= 15 is 0 Å². The number of hydrogen-bond acceptors (Lipinski definition) is 5. The van der Waals surface area contributed by atoms with Gasteiger partial charge in [0.2, 0.25) is 0 Å². The number of benzene rings is 1. The second kappa shape index (κ2) is 7.34. The van der Waals surface area contributed by atoms with Crippen LogP contribution in [0.25, 0.3) is 0 Å². The SMILES string of the molecule is CCC1C=CCN1C(=O)c1cc(COc2ccc(C(C)=O)cc2)on1. The molecule has 1 aromatic heterocycles. The van der Waals surface area contributed by atoms with E-state index in [-0.39, 0.29) is 30.0 Å². The van der Waals surface area contributed by atoms with Crippen LogP contribution in [0.15, 0.2) is 47.0 Å². The fourth-order valence-electron chi connectivity index (χ4n) is 2.73. The van der Waals surface area contributed by atoms with Crippen LogP contribution in [0.5, 0.6) is 5.75 Å². The van der Waals surface area contributed by atoms with Crippen molar-refractivity contribution in [3.05, 3.63) is 59.5 Å². The van der Waals surface area contributed by atoms with Gasteiger partial charge >= 0.3 is 0 Å². The number of hydrogen-bond donors (Lipinski definition) is 0. The van der Waals surface area contributed by atoms with Crippen molar-refractivity contribution >= 4 is 11.7 Å². The molecule has 1 unspecified atom stereocenters. The highest BCUT2D eigenvalue weighted by Gasteiger charge is 2.26. The number of rotatable bonds is 6. The van der Waals surface area contributed by atoms with Crippen LogP contribution in [0.3, 0.4) is 0 Å². The van der Waals surface area contributed by atoms with Crippen molar-refractivity contribution in [3.63, 3.8) is 0 Å². The third-order valence-corrected chi connectivity index (χ3v) is 4.16. The van der Waals surface area contributed by atoms with E-state index in [1.165, 1.54) is 6.92 Å². The summed E-state index contributed by atoms with van der Waals surface area (Å²) in [5.41, 5.74) is 0.914. The summed E-state index contributed by atoms with van der Waals surface area (Å²) >= 11 is 0. The van der Waals surface area contributed by atoms with Gasteiger partial charge in [-0.1, -0.05) is 24.2 Å². The van der Waals surface area contributed by atoms with Gasteiger partial charge in [0.1, 0.15) is 12.4 Å². The number of carbonyl (C=O) groups is 2. The number of amides is 1. The normalized spacial score (nSPS) is 16.2. The molecule has 1 aliphatic rings. The van der Waals surface area contributed by atoms with Crippen molar-refractivity contribution in [1.29, 1.82) is 0 Å². The zero-order chi connectivity index (χ0) is 17.8. The molecule has 1 amide bonds. The zero-order valence-corrected chi connectivity index (χ0v) is 14.3. The van der Waals surface area contributed by atoms with Crippen LogP contribution in [0.1, 0.15) is 46.9 Å². The van der Waals surface area contributed by atoms with E-state index in [2.05, 4.69) is 5.16 Å². The van der Waals surface area contributed by atoms with Gasteiger partial charge < -0.3 is 14.2 Å². The lowest BCUT2D eigenvalue weighted by Gasteiger charge is -2.22. The van der Waals surface area contributed by atoms with Crippen molar-refractivity contribution in [2.75, 3.05) is 6.54 Å². The average molecular weight is 340 g/mol. The summed E-state index contributed by atoms with van der Waals surface area (Å²) < 4.78 is 10.8. The van der Waals surface area contributed by atoms with Crippen LogP contribution < -0.4 is 4.74 Å². The van der Waals surface area contributed by atoms with Crippen molar-refractivity contribution in [1.82, 2.24) is 10.1 Å². The minimum Gasteiger partial charge on any atom is -0.486 e. The molecule has 1 aromatic carbocycles. The summed E-state index contributed by atoms with van der Waals surface area (Å²) in [6.07, 6.45) is 4.89. The molecular formula is C19H20N2O4. The zero-order valence-electron chi connectivity index (χ0n) is 14.3. The second-order valence-corrected chi connectivity index (χ2v) is 5.91. The summed E-state index contributed by atoms with van der Waals surface area (Å²) in [7, 11) is 0. The number of aromatic nitrogens is 1. The molecule has 2 aromatic rings. The lowest BCUT2D eigenvalue weighted by molar-refractivity contribution is 0.0736. The Morgan fingerprint density at radius 1 is 1.32 bits per heavy atom. The molecule has 0 spiro atoms. The molecule has 25 heavy (non-hydrogen) atoms. The highest BCUT2D eigenvalue weighted by molar-refractivity contribution is 5.94. The third-order valence-electron chi connectivity index (χ3n) is 4.16. The van der Waals surface area contributed by atoms with Crippen LogP contribution in [-0.4, -0.2) is 34.3 Å². The highest BCUT2D eigenvalue weighted by atomic mass is 16.5. The van der Waals surface area contributed by atoms with Gasteiger partial charge in [0.25, 0.3) is 5.91 Å². The summed E-state index contributed by atoms with van der Waals surface area (Å²) in [6.45, 7) is 4.32. The molecule has 0 radical (unpaired) electrons. The van der Waals surface area contributed by atoms with Crippen molar-refractivity contribution < 1.29 is 18.8 Å². The molecular weight excluding hydrogens is 320 g/mol. The number of ether oxygens (including phenoxy) is 1. The van der Waals surface area contributed by atoms with Gasteiger partial charge in [0.15, 0.2) is 17.2 Å². The molecule has 6 heteroatoms. The average Bonchev–Trinajstić information content (AvgIpc) is 3.28. The first-order chi connectivity index (χ1) is 12.1. The van der Waals surface area contributed by atoms with E-state index in [1.807, 2.05) is 19.1 Å². The maximum atomic E-state index is 12.5. The highest BCUT2D eigenvalue weighted by Crippen LogP contribution is 2.18. The molecule has 0 fully saturated rings. The molecule has 0 aliphatic carbocycles. The van der Waals surface area contributed by atoms with Crippen LogP contribution in [0.2, 0.25) is 0 Å². The lowest BCUT2D eigenvalue weighted by Crippen LogP contribution is -2.35. The summed E-state index contributed by atoms with van der Waals surface area (Å²) in [4.78, 5) is 25.5. The summed E-state index contributed by atoms with van der Waals surface area (Å²) in [5, 5.41) is 3.86. The fraction of sp³-hybridized carbons (Fsp3) is 0.316. The summed E-state index contributed by atoms with van der Waals surface area (Å²) in [5.74, 6) is 0.952. The van der Waals surface area contributed by atoms with Gasteiger partial charge in [-0.2, -0.15) is 0 Å². The van der Waals surface area contributed by atoms with E-state index in [0.717, 1.165) is 6.42 Å². The first-order valence-corrected chi connectivity index (χ1v) is 8.25. The molecule has 1 aliphatic heterocycles. The largest absolute Gasteiger partial charge is 0.486 e. The van der Waals surface area contributed by atoms with Gasteiger partial charge in [-0.15, -0.1) is 0 Å². The Balaban J connectivity index is 1.60. The topological polar surface area (TPSA) is 72.6 Å². The smallest absolute Gasteiger partial charge is 0.276 e. The molecule has 130 valence electrons. The molecule has 0 saturated carbocycles. The van der Waals surface area contributed by atoms with E-state index in [9.17, 15) is 9.59 Å². The van der Waals surface area contributed by atoms with E-state index in [0.29, 0.717) is 23.6 Å².